The topological polar surface area (TPSA) is 55.4 Å². The van der Waals surface area contributed by atoms with E-state index in [1.54, 1.807) is 0 Å². The highest BCUT2D eigenvalue weighted by molar-refractivity contribution is 9.10. The van der Waals surface area contributed by atoms with Crippen LogP contribution in [0.1, 0.15) is 17.3 Å². The van der Waals surface area contributed by atoms with Crippen LogP contribution in [0.2, 0.25) is 0 Å². The van der Waals surface area contributed by atoms with E-state index in [9.17, 15) is 14.0 Å². The third kappa shape index (κ3) is 2.79. The summed E-state index contributed by atoms with van der Waals surface area (Å²) in [6, 6.07) is 2.15. The summed E-state index contributed by atoms with van der Waals surface area (Å²) in [5, 5.41) is 2.43. The van der Waals surface area contributed by atoms with E-state index < -0.39 is 11.8 Å². The van der Waals surface area contributed by atoms with Crippen LogP contribution in [0.25, 0.3) is 0 Å². The minimum atomic E-state index is -0.719. The molecule has 0 saturated carbocycles. The Morgan fingerprint density at radius 3 is 2.56 bits per heavy atom. The minimum absolute atomic E-state index is 0.0374. The molecule has 0 unspecified atom stereocenters. The fraction of sp³-hybridized carbons (Fsp3) is 0.200. The molecule has 4 nitrogen and oxygen atoms in total. The molecular formula is C10H9BrFNO3. The highest BCUT2D eigenvalue weighted by atomic mass is 79.9. The molecule has 6 heteroatoms. The molecule has 1 amide bonds. The van der Waals surface area contributed by atoms with Gasteiger partial charge >= 0.3 is 5.97 Å². The quantitative estimate of drug-likeness (QED) is 0.850. The summed E-state index contributed by atoms with van der Waals surface area (Å²) in [5.41, 5.74) is 0.158. The lowest BCUT2D eigenvalue weighted by Crippen LogP contribution is -2.13. The highest BCUT2D eigenvalue weighted by Gasteiger charge is 2.17. The molecule has 1 rings (SSSR count). The fourth-order valence-electron chi connectivity index (χ4n) is 1.15. The Kier molecular flexibility index (Phi) is 4.00. The largest absolute Gasteiger partial charge is 0.465 e. The van der Waals surface area contributed by atoms with Crippen LogP contribution in [0.5, 0.6) is 0 Å². The summed E-state index contributed by atoms with van der Waals surface area (Å²) in [4.78, 5) is 22.3. The lowest BCUT2D eigenvalue weighted by molar-refractivity contribution is -0.114. The molecule has 0 fully saturated rings. The van der Waals surface area contributed by atoms with Crippen molar-refractivity contribution in [1.82, 2.24) is 0 Å². The predicted molar refractivity (Wildman–Crippen MR) is 59.7 cm³/mol. The van der Waals surface area contributed by atoms with Gasteiger partial charge in [0.15, 0.2) is 0 Å². The second kappa shape index (κ2) is 5.07. The molecule has 0 saturated heterocycles. The molecule has 0 aliphatic carbocycles. The van der Waals surface area contributed by atoms with Crippen LogP contribution >= 0.6 is 15.9 Å². The Morgan fingerprint density at radius 1 is 1.44 bits per heavy atom. The zero-order valence-electron chi connectivity index (χ0n) is 8.64. The molecule has 0 bridgehead atoms. The maximum atomic E-state index is 13.1. The average Bonchev–Trinajstić information content (AvgIpc) is 2.20. The number of nitrogens with one attached hydrogen (secondary N) is 1. The van der Waals surface area contributed by atoms with Gasteiger partial charge in [0.05, 0.1) is 18.4 Å². The smallest absolute Gasteiger partial charge is 0.340 e. The van der Waals surface area contributed by atoms with E-state index in [1.165, 1.54) is 14.0 Å². The molecule has 0 aliphatic heterocycles. The number of hydrogen-bond acceptors (Lipinski definition) is 3. The maximum Gasteiger partial charge on any atom is 0.340 e. The summed E-state index contributed by atoms with van der Waals surface area (Å²) in [7, 11) is 1.18. The first kappa shape index (κ1) is 12.6. The molecule has 16 heavy (non-hydrogen) atoms. The van der Waals surface area contributed by atoms with Gasteiger partial charge in [0.25, 0.3) is 0 Å². The number of methoxy groups -OCH3 is 1. The summed E-state index contributed by atoms with van der Waals surface area (Å²) in [6.07, 6.45) is 0. The van der Waals surface area contributed by atoms with E-state index in [0.717, 1.165) is 12.1 Å². The molecule has 0 spiro atoms. The van der Waals surface area contributed by atoms with Gasteiger partial charge in [-0.05, 0) is 28.1 Å². The van der Waals surface area contributed by atoms with Gasteiger partial charge in [0.1, 0.15) is 5.82 Å². The van der Waals surface area contributed by atoms with Crippen LogP contribution in [-0.2, 0) is 9.53 Å². The Bertz CT molecular complexity index is 448. The SMILES string of the molecule is COC(=O)c1cc(F)cc(Br)c1NC(C)=O. The number of amides is 1. The number of anilines is 1. The number of esters is 1. The zero-order valence-corrected chi connectivity index (χ0v) is 10.2. The normalized spacial score (nSPS) is 9.75. The van der Waals surface area contributed by atoms with E-state index in [2.05, 4.69) is 26.0 Å². The van der Waals surface area contributed by atoms with Crippen molar-refractivity contribution in [3.63, 3.8) is 0 Å². The van der Waals surface area contributed by atoms with Crippen molar-refractivity contribution in [2.75, 3.05) is 12.4 Å². The van der Waals surface area contributed by atoms with E-state index in [0.29, 0.717) is 0 Å². The number of benzene rings is 1. The van der Waals surface area contributed by atoms with E-state index >= 15 is 0 Å². The van der Waals surface area contributed by atoms with Crippen molar-refractivity contribution in [2.45, 2.75) is 6.92 Å². The average molecular weight is 290 g/mol. The van der Waals surface area contributed by atoms with Crippen molar-refractivity contribution in [3.05, 3.63) is 28.0 Å². The number of halogens is 2. The van der Waals surface area contributed by atoms with Crippen LogP contribution in [0, 0.1) is 5.82 Å². The Balaban J connectivity index is 3.31. The lowest BCUT2D eigenvalue weighted by Gasteiger charge is -2.10. The lowest BCUT2D eigenvalue weighted by atomic mass is 10.1. The summed E-state index contributed by atoms with van der Waals surface area (Å²) in [6.45, 7) is 1.29. The van der Waals surface area contributed by atoms with Crippen LogP contribution < -0.4 is 5.32 Å². The minimum Gasteiger partial charge on any atom is -0.465 e. The van der Waals surface area contributed by atoms with Gasteiger partial charge in [-0.25, -0.2) is 9.18 Å². The molecule has 1 aromatic carbocycles. The van der Waals surface area contributed by atoms with Crippen LogP contribution in [0.3, 0.4) is 0 Å². The Morgan fingerprint density at radius 2 is 2.06 bits per heavy atom. The van der Waals surface area contributed by atoms with Gasteiger partial charge < -0.3 is 10.1 Å². The van der Waals surface area contributed by atoms with Crippen molar-refractivity contribution in [3.8, 4) is 0 Å². The standard InChI is InChI=1S/C10H9BrFNO3/c1-5(14)13-9-7(10(15)16-2)3-6(12)4-8(9)11/h3-4H,1-2H3,(H,13,14). The summed E-state index contributed by atoms with van der Waals surface area (Å²) < 4.78 is 17.9. The van der Waals surface area contributed by atoms with Crippen LogP contribution in [0.4, 0.5) is 10.1 Å². The number of ether oxygens (including phenoxy) is 1. The molecule has 1 aromatic rings. The zero-order chi connectivity index (χ0) is 12.3. The van der Waals surface area contributed by atoms with Crippen molar-refractivity contribution < 1.29 is 18.7 Å². The van der Waals surface area contributed by atoms with E-state index in [-0.39, 0.29) is 21.6 Å². The molecule has 86 valence electrons. The third-order valence-electron chi connectivity index (χ3n) is 1.76. The first-order chi connectivity index (χ1) is 7.45. The molecule has 0 radical (unpaired) electrons. The Hall–Kier alpha value is -1.43. The second-order valence-corrected chi connectivity index (χ2v) is 3.84. The molecule has 1 N–H and O–H groups in total. The van der Waals surface area contributed by atoms with Gasteiger partial charge in [0, 0.05) is 11.4 Å². The second-order valence-electron chi connectivity index (χ2n) is 2.98. The number of rotatable bonds is 2. The van der Waals surface area contributed by atoms with Gasteiger partial charge in [-0.2, -0.15) is 0 Å². The van der Waals surface area contributed by atoms with Gasteiger partial charge in [-0.3, -0.25) is 4.79 Å². The first-order valence-electron chi connectivity index (χ1n) is 4.30. The van der Waals surface area contributed by atoms with Gasteiger partial charge in [-0.1, -0.05) is 0 Å². The fourth-order valence-corrected chi connectivity index (χ4v) is 1.68. The van der Waals surface area contributed by atoms with Crippen LogP contribution in [-0.4, -0.2) is 19.0 Å². The maximum absolute atomic E-state index is 13.1. The van der Waals surface area contributed by atoms with Crippen molar-refractivity contribution >= 4 is 33.5 Å². The van der Waals surface area contributed by atoms with Crippen molar-refractivity contribution in [2.24, 2.45) is 0 Å². The third-order valence-corrected chi connectivity index (χ3v) is 2.39. The number of hydrogen-bond donors (Lipinski definition) is 1. The first-order valence-corrected chi connectivity index (χ1v) is 5.10. The molecule has 0 heterocycles. The Labute approximate surface area is 99.9 Å². The number of carbonyl (C=O) groups is 2. The molecule has 0 aromatic heterocycles. The monoisotopic (exact) mass is 289 g/mol. The number of carbonyl (C=O) groups excluding carboxylic acids is 2. The van der Waals surface area contributed by atoms with Crippen molar-refractivity contribution in [1.29, 1.82) is 0 Å². The highest BCUT2D eigenvalue weighted by Crippen LogP contribution is 2.28. The molecular weight excluding hydrogens is 281 g/mol. The summed E-state index contributed by atoms with van der Waals surface area (Å²) in [5.74, 6) is -1.68. The molecule has 0 atom stereocenters. The summed E-state index contributed by atoms with van der Waals surface area (Å²) >= 11 is 3.06. The van der Waals surface area contributed by atoms with Gasteiger partial charge in [-0.15, -0.1) is 0 Å². The predicted octanol–water partition coefficient (Wildman–Crippen LogP) is 2.33. The van der Waals surface area contributed by atoms with Crippen LogP contribution in [0.15, 0.2) is 16.6 Å². The molecule has 0 aliphatic rings. The van der Waals surface area contributed by atoms with E-state index in [4.69, 9.17) is 0 Å². The van der Waals surface area contributed by atoms with Gasteiger partial charge in [0.2, 0.25) is 5.91 Å². The van der Waals surface area contributed by atoms with E-state index in [1.807, 2.05) is 0 Å².